The molecule has 0 N–H and O–H groups in total. The summed E-state index contributed by atoms with van der Waals surface area (Å²) >= 11 is 5.89. The third-order valence-electron chi connectivity index (χ3n) is 1.80. The second-order valence-electron chi connectivity index (χ2n) is 2.56. The molecule has 0 spiro atoms. The van der Waals surface area contributed by atoms with Crippen molar-refractivity contribution in [1.29, 1.82) is 0 Å². The van der Waals surface area contributed by atoms with Crippen LogP contribution >= 0.6 is 11.6 Å². The monoisotopic (exact) mass is 169 g/mol. The molecule has 0 amide bonds. The zero-order valence-electron chi connectivity index (χ0n) is 6.89. The Bertz CT molecular complexity index is 232. The van der Waals surface area contributed by atoms with Crippen molar-refractivity contribution in [1.82, 2.24) is 0 Å². The summed E-state index contributed by atoms with van der Waals surface area (Å²) in [6.45, 7) is 1.92. The summed E-state index contributed by atoms with van der Waals surface area (Å²) in [6.07, 6.45) is 6.27. The number of nitrogens with zero attached hydrogens (tertiary/aromatic N) is 1. The maximum atomic E-state index is 5.89. The number of hydrogen-bond acceptors (Lipinski definition) is 1. The van der Waals surface area contributed by atoms with E-state index < -0.39 is 0 Å². The Hall–Kier alpha value is -0.560. The smallest absolute Gasteiger partial charge is 0.0611 e. The van der Waals surface area contributed by atoms with Crippen molar-refractivity contribution < 1.29 is 0 Å². The molecule has 0 aromatic heterocycles. The quantitative estimate of drug-likeness (QED) is 0.529. The fourth-order valence-electron chi connectivity index (χ4n) is 1.21. The number of halogens is 1. The maximum absolute atomic E-state index is 5.89. The highest BCUT2D eigenvalue weighted by atomic mass is 35.5. The minimum Gasteiger partial charge on any atom is -0.288 e. The Labute approximate surface area is 72.5 Å². The molecule has 0 radical (unpaired) electrons. The Morgan fingerprint density at radius 2 is 2.36 bits per heavy atom. The lowest BCUT2D eigenvalue weighted by atomic mass is 9.99. The summed E-state index contributed by atoms with van der Waals surface area (Å²) in [7, 11) is 1.80. The van der Waals surface area contributed by atoms with Crippen LogP contribution in [0.1, 0.15) is 19.8 Å². The van der Waals surface area contributed by atoms with E-state index in [4.69, 9.17) is 11.6 Å². The van der Waals surface area contributed by atoms with Crippen LogP contribution in [0.4, 0.5) is 0 Å². The van der Waals surface area contributed by atoms with Crippen molar-refractivity contribution in [2.45, 2.75) is 19.8 Å². The first-order chi connectivity index (χ1) is 5.25. The van der Waals surface area contributed by atoms with Crippen LogP contribution in [0, 0.1) is 0 Å². The summed E-state index contributed by atoms with van der Waals surface area (Å²) in [4.78, 5) is 4.14. The molecule has 0 unspecified atom stereocenters. The first-order valence-corrected chi connectivity index (χ1v) is 4.12. The Kier molecular flexibility index (Phi) is 2.89. The van der Waals surface area contributed by atoms with Crippen molar-refractivity contribution in [3.63, 3.8) is 0 Å². The van der Waals surface area contributed by atoms with Gasteiger partial charge in [-0.2, -0.15) is 0 Å². The predicted octanol–water partition coefficient (Wildman–Crippen LogP) is 2.92. The van der Waals surface area contributed by atoms with Crippen LogP contribution in [0.15, 0.2) is 27.7 Å². The molecular weight excluding hydrogens is 158 g/mol. The fraction of sp³-hybridized carbons (Fsp3) is 0.444. The summed E-state index contributed by atoms with van der Waals surface area (Å²) in [5, 5.41) is 0.870. The highest BCUT2D eigenvalue weighted by Gasteiger charge is 2.09. The molecule has 0 saturated carbocycles. The third-order valence-corrected chi connectivity index (χ3v) is 2.03. The van der Waals surface area contributed by atoms with Gasteiger partial charge in [0.1, 0.15) is 0 Å². The topological polar surface area (TPSA) is 12.4 Å². The van der Waals surface area contributed by atoms with Gasteiger partial charge in [-0.25, -0.2) is 0 Å². The normalized spacial score (nSPS) is 25.9. The molecule has 0 fully saturated rings. The molecule has 0 bridgehead atoms. The van der Waals surface area contributed by atoms with Crippen LogP contribution in [0.3, 0.4) is 0 Å². The van der Waals surface area contributed by atoms with E-state index in [-0.39, 0.29) is 0 Å². The van der Waals surface area contributed by atoms with E-state index in [1.54, 1.807) is 7.05 Å². The predicted molar refractivity (Wildman–Crippen MR) is 50.3 cm³/mol. The fourth-order valence-corrected chi connectivity index (χ4v) is 1.40. The summed E-state index contributed by atoms with van der Waals surface area (Å²) in [5.41, 5.74) is 2.22. The molecule has 0 aliphatic heterocycles. The van der Waals surface area contributed by atoms with Gasteiger partial charge in [-0.1, -0.05) is 17.7 Å². The minimum atomic E-state index is 0.870. The largest absolute Gasteiger partial charge is 0.288 e. The van der Waals surface area contributed by atoms with Gasteiger partial charge in [-0.3, -0.25) is 4.99 Å². The van der Waals surface area contributed by atoms with Gasteiger partial charge in [0, 0.05) is 12.1 Å². The van der Waals surface area contributed by atoms with E-state index in [0.717, 1.165) is 23.6 Å². The second-order valence-corrected chi connectivity index (χ2v) is 3.13. The molecule has 60 valence electrons. The Morgan fingerprint density at radius 3 is 2.82 bits per heavy atom. The van der Waals surface area contributed by atoms with Gasteiger partial charge in [-0.15, -0.1) is 0 Å². The molecule has 0 aromatic rings. The van der Waals surface area contributed by atoms with Crippen molar-refractivity contribution in [3.05, 3.63) is 22.8 Å². The van der Waals surface area contributed by atoms with E-state index in [0.29, 0.717) is 0 Å². The minimum absolute atomic E-state index is 0.870. The van der Waals surface area contributed by atoms with Crippen molar-refractivity contribution in [2.75, 3.05) is 7.05 Å². The molecule has 1 aliphatic carbocycles. The number of rotatable bonds is 0. The molecule has 11 heavy (non-hydrogen) atoms. The Morgan fingerprint density at radius 1 is 1.64 bits per heavy atom. The van der Waals surface area contributed by atoms with E-state index in [1.165, 1.54) is 5.57 Å². The molecule has 0 atom stereocenters. The number of hydrogen-bond donors (Lipinski definition) is 0. The number of allylic oxidation sites excluding steroid dienone is 4. The van der Waals surface area contributed by atoms with E-state index in [1.807, 2.05) is 13.0 Å². The molecular formula is C9H12ClN. The lowest BCUT2D eigenvalue weighted by Crippen LogP contribution is -2.04. The zero-order chi connectivity index (χ0) is 8.27. The van der Waals surface area contributed by atoms with Crippen molar-refractivity contribution in [2.24, 2.45) is 4.99 Å². The van der Waals surface area contributed by atoms with Gasteiger partial charge in [0.25, 0.3) is 0 Å². The maximum Gasteiger partial charge on any atom is 0.0611 e. The third kappa shape index (κ3) is 1.93. The summed E-state index contributed by atoms with van der Waals surface area (Å²) < 4.78 is 0. The van der Waals surface area contributed by atoms with E-state index in [9.17, 15) is 0 Å². The van der Waals surface area contributed by atoms with E-state index >= 15 is 0 Å². The highest BCUT2D eigenvalue weighted by molar-refractivity contribution is 6.32. The van der Waals surface area contributed by atoms with Crippen LogP contribution in [0.2, 0.25) is 0 Å². The van der Waals surface area contributed by atoms with Gasteiger partial charge in [0.2, 0.25) is 0 Å². The second kappa shape index (κ2) is 3.72. The van der Waals surface area contributed by atoms with Crippen LogP contribution in [0.25, 0.3) is 0 Å². The van der Waals surface area contributed by atoms with Crippen LogP contribution in [-0.2, 0) is 0 Å². The first kappa shape index (κ1) is 8.54. The molecule has 1 rings (SSSR count). The summed E-state index contributed by atoms with van der Waals surface area (Å²) in [5.74, 6) is 0. The van der Waals surface area contributed by atoms with Crippen molar-refractivity contribution in [3.8, 4) is 0 Å². The average molecular weight is 170 g/mol. The van der Waals surface area contributed by atoms with Gasteiger partial charge in [0.15, 0.2) is 0 Å². The van der Waals surface area contributed by atoms with Crippen LogP contribution < -0.4 is 0 Å². The zero-order valence-corrected chi connectivity index (χ0v) is 7.65. The molecule has 2 heteroatoms. The van der Waals surface area contributed by atoms with Gasteiger partial charge in [-0.05, 0) is 31.4 Å². The molecule has 1 nitrogen and oxygen atoms in total. The molecule has 0 saturated heterocycles. The number of aliphatic imine (C=N–C) groups is 1. The molecule has 1 aliphatic rings. The lowest BCUT2D eigenvalue weighted by molar-refractivity contribution is 0.997. The summed E-state index contributed by atoms with van der Waals surface area (Å²) in [6, 6.07) is 0. The van der Waals surface area contributed by atoms with Crippen LogP contribution in [0.5, 0.6) is 0 Å². The van der Waals surface area contributed by atoms with Gasteiger partial charge in [0.05, 0.1) is 5.71 Å². The Balaban J connectivity index is 2.99. The lowest BCUT2D eigenvalue weighted by Gasteiger charge is -2.11. The van der Waals surface area contributed by atoms with Crippen molar-refractivity contribution >= 4 is 17.3 Å². The highest BCUT2D eigenvalue weighted by Crippen LogP contribution is 2.20. The van der Waals surface area contributed by atoms with Crippen LogP contribution in [-0.4, -0.2) is 12.8 Å². The first-order valence-electron chi connectivity index (χ1n) is 3.74. The standard InChI is InChI=1S/C9H12ClN/c1-7(10)8-5-3-4-6-9(8)11-2/h4,6H,3,5H2,1-2H3/b8-7+,11-9-. The van der Waals surface area contributed by atoms with Gasteiger partial charge < -0.3 is 0 Å². The molecule has 0 heterocycles. The SMILES string of the molecule is C/N=C1/C=CCC/C1=C(/C)Cl. The van der Waals surface area contributed by atoms with E-state index in [2.05, 4.69) is 11.1 Å². The average Bonchev–Trinajstić information content (AvgIpc) is 2.04. The molecule has 0 aromatic carbocycles. The van der Waals surface area contributed by atoms with Gasteiger partial charge >= 0.3 is 0 Å².